The number of aromatic amines is 1. The molecule has 2 amide bonds. The van der Waals surface area contributed by atoms with E-state index in [-0.39, 0.29) is 12.1 Å². The number of hydrogen-bond donors (Lipinski definition) is 2. The fraction of sp³-hybridized carbons (Fsp3) is 0.333. The molecule has 1 saturated heterocycles. The van der Waals surface area contributed by atoms with Crippen LogP contribution in [0.4, 0.5) is 4.79 Å². The van der Waals surface area contributed by atoms with Crippen molar-refractivity contribution in [3.05, 3.63) is 65.7 Å². The summed E-state index contributed by atoms with van der Waals surface area (Å²) in [6.45, 7) is 3.28. The molecule has 1 fully saturated rings. The number of urea groups is 1. The molecule has 1 atom stereocenters. The molecule has 1 aliphatic rings. The lowest BCUT2D eigenvalue weighted by Crippen LogP contribution is -2.44. The van der Waals surface area contributed by atoms with Crippen molar-refractivity contribution >= 4 is 6.03 Å². The summed E-state index contributed by atoms with van der Waals surface area (Å²) in [5, 5.41) is 10.4. The third-order valence-corrected chi connectivity index (χ3v) is 5.07. The van der Waals surface area contributed by atoms with E-state index in [4.69, 9.17) is 0 Å². The summed E-state index contributed by atoms with van der Waals surface area (Å²) in [7, 11) is 0. The van der Waals surface area contributed by atoms with E-state index in [9.17, 15) is 4.79 Å². The van der Waals surface area contributed by atoms with Crippen molar-refractivity contribution in [1.29, 1.82) is 0 Å². The van der Waals surface area contributed by atoms with Gasteiger partial charge in [0.1, 0.15) is 5.82 Å². The molecular weight excluding hydrogens is 352 g/mol. The number of H-pyrrole nitrogens is 1. The number of amides is 2. The number of likely N-dealkylation sites (tertiary alicyclic amines) is 1. The number of carbonyl (C=O) groups excluding carboxylic acids is 1. The molecule has 1 aromatic carbocycles. The quantitative estimate of drug-likeness (QED) is 0.728. The number of rotatable bonds is 4. The van der Waals surface area contributed by atoms with Crippen LogP contribution in [0.1, 0.15) is 42.3 Å². The second kappa shape index (κ2) is 8.21. The average Bonchev–Trinajstić information content (AvgIpc) is 3.24. The topological polar surface area (TPSA) is 86.8 Å². The molecule has 7 nitrogen and oxygen atoms in total. The van der Waals surface area contributed by atoms with Crippen LogP contribution in [0.25, 0.3) is 11.4 Å². The fourth-order valence-electron chi connectivity index (χ4n) is 3.49. The molecule has 4 rings (SSSR count). The highest BCUT2D eigenvalue weighted by Gasteiger charge is 2.30. The Labute approximate surface area is 164 Å². The van der Waals surface area contributed by atoms with Crippen molar-refractivity contribution in [2.24, 2.45) is 0 Å². The van der Waals surface area contributed by atoms with Gasteiger partial charge in [0.05, 0.1) is 6.04 Å². The van der Waals surface area contributed by atoms with Crippen LogP contribution in [0.5, 0.6) is 0 Å². The molecule has 2 aromatic heterocycles. The first-order valence-corrected chi connectivity index (χ1v) is 9.63. The first kappa shape index (κ1) is 18.2. The highest BCUT2D eigenvalue weighted by molar-refractivity contribution is 5.74. The second-order valence-corrected chi connectivity index (χ2v) is 7.14. The zero-order chi connectivity index (χ0) is 19.3. The Hall–Kier alpha value is -3.22. The smallest absolute Gasteiger partial charge is 0.318 e. The van der Waals surface area contributed by atoms with Gasteiger partial charge in [-0.1, -0.05) is 29.8 Å². The molecular formula is C21H24N6O. The maximum atomic E-state index is 12.8. The summed E-state index contributed by atoms with van der Waals surface area (Å²) in [5.41, 5.74) is 3.16. The van der Waals surface area contributed by atoms with Crippen LogP contribution in [0, 0.1) is 6.92 Å². The number of pyridine rings is 1. The van der Waals surface area contributed by atoms with Gasteiger partial charge in [0.2, 0.25) is 0 Å². The standard InChI is InChI=1S/C21H24N6O/c1-15-7-9-16(10-8-15)13-23-21(28)27-12-3-2-6-18(27)20-24-19(25-26-20)17-5-4-11-22-14-17/h4-5,7-11,14,18H,2-3,6,12-13H2,1H3,(H,23,28)(H,24,25,26). The molecule has 2 N–H and O–H groups in total. The second-order valence-electron chi connectivity index (χ2n) is 7.14. The van der Waals surface area contributed by atoms with E-state index >= 15 is 0 Å². The molecule has 0 spiro atoms. The Kier molecular flexibility index (Phi) is 5.32. The number of benzene rings is 1. The zero-order valence-electron chi connectivity index (χ0n) is 15.9. The number of nitrogens with one attached hydrogen (secondary N) is 2. The van der Waals surface area contributed by atoms with Crippen LogP contribution in [0.3, 0.4) is 0 Å². The number of aryl methyl sites for hydroxylation is 1. The molecule has 1 aliphatic heterocycles. The van der Waals surface area contributed by atoms with Crippen molar-refractivity contribution in [2.45, 2.75) is 38.8 Å². The Morgan fingerprint density at radius 2 is 2.11 bits per heavy atom. The van der Waals surface area contributed by atoms with Gasteiger partial charge < -0.3 is 10.2 Å². The Morgan fingerprint density at radius 1 is 1.25 bits per heavy atom. The maximum Gasteiger partial charge on any atom is 0.318 e. The van der Waals surface area contributed by atoms with E-state index in [2.05, 4.69) is 44.5 Å². The summed E-state index contributed by atoms with van der Waals surface area (Å²) >= 11 is 0. The minimum absolute atomic E-state index is 0.0652. The van der Waals surface area contributed by atoms with Crippen molar-refractivity contribution in [1.82, 2.24) is 30.4 Å². The van der Waals surface area contributed by atoms with Crippen molar-refractivity contribution in [2.75, 3.05) is 6.54 Å². The van der Waals surface area contributed by atoms with E-state index in [1.54, 1.807) is 12.4 Å². The van der Waals surface area contributed by atoms with Crippen LogP contribution in [-0.2, 0) is 6.54 Å². The summed E-state index contributed by atoms with van der Waals surface area (Å²) in [4.78, 5) is 23.5. The summed E-state index contributed by atoms with van der Waals surface area (Å²) < 4.78 is 0. The van der Waals surface area contributed by atoms with Crippen LogP contribution >= 0.6 is 0 Å². The zero-order valence-corrected chi connectivity index (χ0v) is 15.9. The number of nitrogens with zero attached hydrogens (tertiary/aromatic N) is 4. The molecule has 1 unspecified atom stereocenters. The third kappa shape index (κ3) is 4.03. The number of hydrogen-bond acceptors (Lipinski definition) is 4. The van der Waals surface area contributed by atoms with Gasteiger partial charge in [-0.15, -0.1) is 0 Å². The van der Waals surface area contributed by atoms with E-state index in [0.29, 0.717) is 18.9 Å². The van der Waals surface area contributed by atoms with Crippen LogP contribution in [0.2, 0.25) is 0 Å². The molecule has 0 radical (unpaired) electrons. The van der Waals surface area contributed by atoms with Gasteiger partial charge in [0.15, 0.2) is 5.82 Å². The van der Waals surface area contributed by atoms with Crippen LogP contribution in [0.15, 0.2) is 48.8 Å². The molecule has 28 heavy (non-hydrogen) atoms. The molecule has 3 aromatic rings. The minimum Gasteiger partial charge on any atom is -0.334 e. The van der Waals surface area contributed by atoms with E-state index in [1.165, 1.54) is 5.56 Å². The highest BCUT2D eigenvalue weighted by atomic mass is 16.2. The largest absolute Gasteiger partial charge is 0.334 e. The normalized spacial score (nSPS) is 16.8. The van der Waals surface area contributed by atoms with Gasteiger partial charge in [-0.3, -0.25) is 10.1 Å². The monoisotopic (exact) mass is 376 g/mol. The average molecular weight is 376 g/mol. The number of carbonyl (C=O) groups is 1. The van der Waals surface area contributed by atoms with Gasteiger partial charge in [-0.05, 0) is 43.9 Å². The third-order valence-electron chi connectivity index (χ3n) is 5.07. The van der Waals surface area contributed by atoms with Crippen molar-refractivity contribution < 1.29 is 4.79 Å². The van der Waals surface area contributed by atoms with Gasteiger partial charge >= 0.3 is 6.03 Å². The van der Waals surface area contributed by atoms with E-state index in [1.807, 2.05) is 29.2 Å². The summed E-state index contributed by atoms with van der Waals surface area (Å²) in [6.07, 6.45) is 6.39. The lowest BCUT2D eigenvalue weighted by Gasteiger charge is -2.34. The molecule has 7 heteroatoms. The Bertz CT molecular complexity index is 922. The van der Waals surface area contributed by atoms with Gasteiger partial charge in [0.25, 0.3) is 0 Å². The lowest BCUT2D eigenvalue weighted by atomic mass is 10.0. The molecule has 0 bridgehead atoms. The number of piperidine rings is 1. The predicted molar refractivity (Wildman–Crippen MR) is 106 cm³/mol. The number of aromatic nitrogens is 4. The molecule has 144 valence electrons. The minimum atomic E-state index is -0.0929. The first-order valence-electron chi connectivity index (χ1n) is 9.63. The molecule has 0 saturated carbocycles. The highest BCUT2D eigenvalue weighted by Crippen LogP contribution is 2.29. The lowest BCUT2D eigenvalue weighted by molar-refractivity contribution is 0.147. The van der Waals surface area contributed by atoms with Gasteiger partial charge in [-0.25, -0.2) is 9.78 Å². The van der Waals surface area contributed by atoms with Crippen molar-refractivity contribution in [3.63, 3.8) is 0 Å². The Morgan fingerprint density at radius 3 is 2.89 bits per heavy atom. The molecule has 3 heterocycles. The fourth-order valence-corrected chi connectivity index (χ4v) is 3.49. The van der Waals surface area contributed by atoms with E-state index in [0.717, 1.165) is 36.2 Å². The predicted octanol–water partition coefficient (Wildman–Crippen LogP) is 3.61. The van der Waals surface area contributed by atoms with Gasteiger partial charge in [-0.2, -0.15) is 5.10 Å². The first-order chi connectivity index (χ1) is 13.7. The summed E-state index contributed by atoms with van der Waals surface area (Å²) in [5.74, 6) is 1.33. The maximum absolute atomic E-state index is 12.8. The van der Waals surface area contributed by atoms with Gasteiger partial charge in [0, 0.05) is 31.0 Å². The van der Waals surface area contributed by atoms with Crippen molar-refractivity contribution in [3.8, 4) is 11.4 Å². The summed E-state index contributed by atoms with van der Waals surface area (Å²) in [6, 6.07) is 11.8. The molecule has 0 aliphatic carbocycles. The van der Waals surface area contributed by atoms with E-state index < -0.39 is 0 Å². The van der Waals surface area contributed by atoms with Crippen LogP contribution in [-0.4, -0.2) is 37.6 Å². The SMILES string of the molecule is Cc1ccc(CNC(=O)N2CCCCC2c2nc(-c3cccnc3)n[nH]2)cc1. The van der Waals surface area contributed by atoms with Crippen LogP contribution < -0.4 is 5.32 Å². The Balaban J connectivity index is 1.46.